The molecule has 0 fully saturated rings. The highest BCUT2D eigenvalue weighted by molar-refractivity contribution is 5.79. The standard InChI is InChI=1S/C16H22N2O/c1-4-17-16(12(2)3)11-19-14-8-7-13-6-5-9-18-15(13)10-14/h5-10,12,16-17H,4,11H2,1-3H3. The molecule has 1 N–H and O–H groups in total. The van der Waals surface area contributed by atoms with Gasteiger partial charge in [0.15, 0.2) is 0 Å². The first-order valence-electron chi connectivity index (χ1n) is 6.91. The van der Waals surface area contributed by atoms with Gasteiger partial charge >= 0.3 is 0 Å². The van der Waals surface area contributed by atoms with Gasteiger partial charge in [0.25, 0.3) is 0 Å². The van der Waals surface area contributed by atoms with Gasteiger partial charge in [0.1, 0.15) is 12.4 Å². The number of hydrogen-bond donors (Lipinski definition) is 1. The minimum Gasteiger partial charge on any atom is -0.492 e. The van der Waals surface area contributed by atoms with Gasteiger partial charge in [-0.25, -0.2) is 0 Å². The van der Waals surface area contributed by atoms with Crippen LogP contribution in [0.4, 0.5) is 0 Å². The highest BCUT2D eigenvalue weighted by Crippen LogP contribution is 2.19. The molecule has 0 aliphatic carbocycles. The number of benzene rings is 1. The first-order chi connectivity index (χ1) is 9.20. The van der Waals surface area contributed by atoms with Crippen LogP contribution in [0.25, 0.3) is 10.9 Å². The number of pyridine rings is 1. The van der Waals surface area contributed by atoms with E-state index in [9.17, 15) is 0 Å². The van der Waals surface area contributed by atoms with Gasteiger partial charge in [0.2, 0.25) is 0 Å². The normalized spacial score (nSPS) is 12.8. The average Bonchev–Trinajstić information content (AvgIpc) is 2.43. The summed E-state index contributed by atoms with van der Waals surface area (Å²) in [6.45, 7) is 8.18. The van der Waals surface area contributed by atoms with E-state index >= 15 is 0 Å². The predicted molar refractivity (Wildman–Crippen MR) is 79.5 cm³/mol. The van der Waals surface area contributed by atoms with Crippen LogP contribution in [0.1, 0.15) is 20.8 Å². The van der Waals surface area contributed by atoms with Crippen molar-refractivity contribution in [2.45, 2.75) is 26.8 Å². The van der Waals surface area contributed by atoms with E-state index in [4.69, 9.17) is 4.74 Å². The highest BCUT2D eigenvalue weighted by Gasteiger charge is 2.12. The Hall–Kier alpha value is -1.61. The molecular formula is C16H22N2O. The molecular weight excluding hydrogens is 236 g/mol. The van der Waals surface area contributed by atoms with Crippen LogP contribution in [0.15, 0.2) is 36.5 Å². The van der Waals surface area contributed by atoms with E-state index in [0.29, 0.717) is 18.6 Å². The summed E-state index contributed by atoms with van der Waals surface area (Å²) in [7, 11) is 0. The van der Waals surface area contributed by atoms with Crippen LogP contribution >= 0.6 is 0 Å². The summed E-state index contributed by atoms with van der Waals surface area (Å²) in [5.41, 5.74) is 0.976. The summed E-state index contributed by atoms with van der Waals surface area (Å²) in [6, 6.07) is 10.4. The van der Waals surface area contributed by atoms with Crippen LogP contribution in [-0.2, 0) is 0 Å². The quantitative estimate of drug-likeness (QED) is 0.863. The molecule has 3 nitrogen and oxygen atoms in total. The Morgan fingerprint density at radius 2 is 2.11 bits per heavy atom. The summed E-state index contributed by atoms with van der Waals surface area (Å²) in [6.07, 6.45) is 1.81. The summed E-state index contributed by atoms with van der Waals surface area (Å²) in [5.74, 6) is 1.44. The maximum absolute atomic E-state index is 5.89. The summed E-state index contributed by atoms with van der Waals surface area (Å²) >= 11 is 0. The molecule has 1 unspecified atom stereocenters. The van der Waals surface area contributed by atoms with Crippen molar-refractivity contribution in [1.82, 2.24) is 10.3 Å². The van der Waals surface area contributed by atoms with Gasteiger partial charge in [0, 0.05) is 23.7 Å². The number of fused-ring (bicyclic) bond motifs is 1. The summed E-state index contributed by atoms with van der Waals surface area (Å²) in [5, 5.41) is 4.59. The zero-order valence-electron chi connectivity index (χ0n) is 11.9. The van der Waals surface area contributed by atoms with Crippen molar-refractivity contribution in [2.24, 2.45) is 5.92 Å². The number of rotatable bonds is 6. The molecule has 0 amide bonds. The van der Waals surface area contributed by atoms with Crippen molar-refractivity contribution in [3.8, 4) is 5.75 Å². The highest BCUT2D eigenvalue weighted by atomic mass is 16.5. The molecule has 0 aliphatic rings. The van der Waals surface area contributed by atoms with E-state index in [1.807, 2.05) is 24.4 Å². The number of nitrogens with one attached hydrogen (secondary N) is 1. The number of ether oxygens (including phenoxy) is 1. The largest absolute Gasteiger partial charge is 0.492 e. The third-order valence-corrected chi connectivity index (χ3v) is 3.28. The van der Waals surface area contributed by atoms with E-state index in [0.717, 1.165) is 23.2 Å². The van der Waals surface area contributed by atoms with Gasteiger partial charge in [0.05, 0.1) is 5.52 Å². The first kappa shape index (κ1) is 13.8. The minimum atomic E-state index is 0.379. The molecule has 0 radical (unpaired) electrons. The second kappa shape index (κ2) is 6.53. The van der Waals surface area contributed by atoms with Crippen molar-refractivity contribution in [2.75, 3.05) is 13.2 Å². The number of aromatic nitrogens is 1. The van der Waals surface area contributed by atoms with Crippen LogP contribution in [0, 0.1) is 5.92 Å². The Labute approximate surface area is 115 Å². The molecule has 1 aromatic carbocycles. The number of nitrogens with zero attached hydrogens (tertiary/aromatic N) is 1. The topological polar surface area (TPSA) is 34.1 Å². The third-order valence-electron chi connectivity index (χ3n) is 3.28. The van der Waals surface area contributed by atoms with E-state index in [-0.39, 0.29) is 0 Å². The Balaban J connectivity index is 2.04. The molecule has 0 saturated heterocycles. The van der Waals surface area contributed by atoms with Crippen LogP contribution in [0.5, 0.6) is 5.75 Å². The van der Waals surface area contributed by atoms with E-state index in [2.05, 4.69) is 43.2 Å². The van der Waals surface area contributed by atoms with Gasteiger partial charge in [-0.05, 0) is 30.7 Å². The Bertz CT molecular complexity index is 525. The molecule has 0 aliphatic heterocycles. The second-order valence-corrected chi connectivity index (χ2v) is 5.08. The van der Waals surface area contributed by atoms with Crippen molar-refractivity contribution in [1.29, 1.82) is 0 Å². The van der Waals surface area contributed by atoms with Crippen molar-refractivity contribution >= 4 is 10.9 Å². The van der Waals surface area contributed by atoms with Gasteiger partial charge in [-0.15, -0.1) is 0 Å². The van der Waals surface area contributed by atoms with Crippen molar-refractivity contribution in [3.05, 3.63) is 36.5 Å². The Morgan fingerprint density at radius 3 is 2.84 bits per heavy atom. The molecule has 2 aromatic rings. The third kappa shape index (κ3) is 3.67. The van der Waals surface area contributed by atoms with Crippen LogP contribution in [0.3, 0.4) is 0 Å². The first-order valence-corrected chi connectivity index (χ1v) is 6.91. The molecule has 0 bridgehead atoms. The molecule has 0 spiro atoms. The minimum absolute atomic E-state index is 0.379. The molecule has 0 saturated carbocycles. The molecule has 1 heterocycles. The molecule has 1 atom stereocenters. The summed E-state index contributed by atoms with van der Waals surface area (Å²) in [4.78, 5) is 4.34. The van der Waals surface area contributed by atoms with Crippen LogP contribution < -0.4 is 10.1 Å². The lowest BCUT2D eigenvalue weighted by molar-refractivity contribution is 0.232. The zero-order chi connectivity index (χ0) is 13.7. The molecule has 2 rings (SSSR count). The van der Waals surface area contributed by atoms with Crippen LogP contribution in [0.2, 0.25) is 0 Å². The van der Waals surface area contributed by atoms with Crippen LogP contribution in [-0.4, -0.2) is 24.2 Å². The fraction of sp³-hybridized carbons (Fsp3) is 0.438. The Morgan fingerprint density at radius 1 is 1.26 bits per heavy atom. The smallest absolute Gasteiger partial charge is 0.121 e. The number of likely N-dealkylation sites (N-methyl/N-ethyl adjacent to an activating group) is 1. The van der Waals surface area contributed by atoms with E-state index in [1.54, 1.807) is 0 Å². The van der Waals surface area contributed by atoms with Gasteiger partial charge in [-0.1, -0.05) is 26.8 Å². The van der Waals surface area contributed by atoms with Crippen molar-refractivity contribution in [3.63, 3.8) is 0 Å². The lowest BCUT2D eigenvalue weighted by Crippen LogP contribution is -2.38. The predicted octanol–water partition coefficient (Wildman–Crippen LogP) is 3.25. The monoisotopic (exact) mass is 258 g/mol. The van der Waals surface area contributed by atoms with E-state index < -0.39 is 0 Å². The molecule has 3 heteroatoms. The molecule has 19 heavy (non-hydrogen) atoms. The van der Waals surface area contributed by atoms with Gasteiger partial charge in [-0.3, -0.25) is 4.98 Å². The fourth-order valence-electron chi connectivity index (χ4n) is 2.07. The van der Waals surface area contributed by atoms with E-state index in [1.165, 1.54) is 0 Å². The maximum Gasteiger partial charge on any atom is 0.121 e. The summed E-state index contributed by atoms with van der Waals surface area (Å²) < 4.78 is 5.89. The number of hydrogen-bond acceptors (Lipinski definition) is 3. The second-order valence-electron chi connectivity index (χ2n) is 5.08. The average molecular weight is 258 g/mol. The van der Waals surface area contributed by atoms with Gasteiger partial charge in [-0.2, -0.15) is 0 Å². The zero-order valence-corrected chi connectivity index (χ0v) is 11.9. The molecule has 1 aromatic heterocycles. The SMILES string of the molecule is CCNC(COc1ccc2cccnc2c1)C(C)C. The molecule has 102 valence electrons. The van der Waals surface area contributed by atoms with Crippen molar-refractivity contribution < 1.29 is 4.74 Å². The Kier molecular flexibility index (Phi) is 4.74. The van der Waals surface area contributed by atoms with Gasteiger partial charge < -0.3 is 10.1 Å². The maximum atomic E-state index is 5.89. The lowest BCUT2D eigenvalue weighted by atomic mass is 10.1. The fourth-order valence-corrected chi connectivity index (χ4v) is 2.07. The lowest BCUT2D eigenvalue weighted by Gasteiger charge is -2.22.